The first-order valence-corrected chi connectivity index (χ1v) is 6.67. The third-order valence-electron chi connectivity index (χ3n) is 3.11. The smallest absolute Gasteiger partial charge is 0.315 e. The van der Waals surface area contributed by atoms with E-state index in [1.807, 2.05) is 25.1 Å². The Labute approximate surface area is 109 Å². The minimum Gasteiger partial charge on any atom is -0.336 e. The lowest BCUT2D eigenvalue weighted by atomic mass is 10.1. The number of rotatable bonds is 1. The van der Waals surface area contributed by atoms with Crippen molar-refractivity contribution >= 4 is 29.4 Å². The molecule has 2 unspecified atom stereocenters. The summed E-state index contributed by atoms with van der Waals surface area (Å²) >= 11 is 1.56. The van der Waals surface area contributed by atoms with Gasteiger partial charge in [0, 0.05) is 11.4 Å². The number of urea groups is 1. The molecule has 5 nitrogen and oxygen atoms in total. The molecule has 3 N–H and O–H groups in total. The van der Waals surface area contributed by atoms with Gasteiger partial charge in [0.15, 0.2) is 0 Å². The number of hydrogen-bond donors (Lipinski definition) is 3. The fraction of sp³-hybridized carbons (Fsp3) is 0.333. The van der Waals surface area contributed by atoms with E-state index in [9.17, 15) is 9.59 Å². The van der Waals surface area contributed by atoms with Gasteiger partial charge in [-0.1, -0.05) is 6.07 Å². The van der Waals surface area contributed by atoms with E-state index in [4.69, 9.17) is 0 Å². The molecular formula is C12H13N3O2S. The molecule has 3 rings (SSSR count). The van der Waals surface area contributed by atoms with Crippen molar-refractivity contribution in [1.29, 1.82) is 0 Å². The molecule has 0 aromatic heterocycles. The van der Waals surface area contributed by atoms with Crippen LogP contribution < -0.4 is 16.0 Å². The van der Waals surface area contributed by atoms with Gasteiger partial charge >= 0.3 is 6.03 Å². The van der Waals surface area contributed by atoms with Gasteiger partial charge in [0.05, 0.1) is 17.0 Å². The van der Waals surface area contributed by atoms with E-state index in [2.05, 4.69) is 16.0 Å². The molecule has 0 spiro atoms. The van der Waals surface area contributed by atoms with E-state index < -0.39 is 0 Å². The summed E-state index contributed by atoms with van der Waals surface area (Å²) in [6.07, 6.45) is 0. The van der Waals surface area contributed by atoms with Crippen LogP contribution in [0, 0.1) is 0 Å². The number of carbonyl (C=O) groups is 2. The highest BCUT2D eigenvalue weighted by Gasteiger charge is 2.26. The number of amides is 3. The average molecular weight is 263 g/mol. The van der Waals surface area contributed by atoms with E-state index >= 15 is 0 Å². The zero-order chi connectivity index (χ0) is 12.7. The van der Waals surface area contributed by atoms with Crippen molar-refractivity contribution in [2.75, 3.05) is 11.9 Å². The molecule has 1 aromatic rings. The van der Waals surface area contributed by atoms with Crippen LogP contribution in [-0.4, -0.2) is 23.7 Å². The van der Waals surface area contributed by atoms with Gasteiger partial charge in [0.25, 0.3) is 0 Å². The minimum absolute atomic E-state index is 0.0240. The Hall–Kier alpha value is -1.69. The van der Waals surface area contributed by atoms with Crippen molar-refractivity contribution in [3.63, 3.8) is 0 Å². The number of anilines is 1. The molecule has 1 fully saturated rings. The molecule has 0 saturated carbocycles. The van der Waals surface area contributed by atoms with Crippen molar-refractivity contribution in [3.8, 4) is 0 Å². The molecule has 0 aliphatic carbocycles. The molecular weight excluding hydrogens is 250 g/mol. The van der Waals surface area contributed by atoms with Crippen LogP contribution in [0.25, 0.3) is 0 Å². The zero-order valence-electron chi connectivity index (χ0n) is 9.82. The van der Waals surface area contributed by atoms with Crippen LogP contribution >= 0.6 is 11.8 Å². The van der Waals surface area contributed by atoms with Gasteiger partial charge in [-0.15, -0.1) is 11.8 Å². The van der Waals surface area contributed by atoms with Crippen LogP contribution in [0.5, 0.6) is 0 Å². The Balaban J connectivity index is 1.89. The summed E-state index contributed by atoms with van der Waals surface area (Å²) in [4.78, 5) is 23.8. The second-order valence-corrected chi connectivity index (χ2v) is 5.79. The zero-order valence-corrected chi connectivity index (χ0v) is 10.6. The maximum atomic E-state index is 11.6. The third-order valence-corrected chi connectivity index (χ3v) is 4.29. The van der Waals surface area contributed by atoms with Crippen molar-refractivity contribution in [1.82, 2.24) is 10.6 Å². The second kappa shape index (κ2) is 4.20. The Morgan fingerprint density at radius 2 is 2.17 bits per heavy atom. The van der Waals surface area contributed by atoms with E-state index in [-0.39, 0.29) is 23.2 Å². The van der Waals surface area contributed by atoms with Gasteiger partial charge in [-0.05, 0) is 24.6 Å². The number of benzene rings is 1. The molecule has 1 saturated heterocycles. The van der Waals surface area contributed by atoms with Crippen LogP contribution in [-0.2, 0) is 4.79 Å². The average Bonchev–Trinajstić information content (AvgIpc) is 2.77. The summed E-state index contributed by atoms with van der Waals surface area (Å²) in [5.74, 6) is 0.0261. The number of hydrogen-bond acceptors (Lipinski definition) is 3. The minimum atomic E-state index is -0.148. The molecule has 3 amide bonds. The van der Waals surface area contributed by atoms with E-state index in [1.165, 1.54) is 0 Å². The van der Waals surface area contributed by atoms with Crippen LogP contribution in [0.2, 0.25) is 0 Å². The van der Waals surface area contributed by atoms with Crippen LogP contribution in [0.4, 0.5) is 10.5 Å². The molecule has 2 heterocycles. The number of nitrogens with one attached hydrogen (secondary N) is 3. The Morgan fingerprint density at radius 1 is 1.33 bits per heavy atom. The summed E-state index contributed by atoms with van der Waals surface area (Å²) in [5, 5.41) is 8.38. The van der Waals surface area contributed by atoms with Crippen LogP contribution in [0.15, 0.2) is 23.1 Å². The standard InChI is InChI=1S/C12H13N3O2S/c1-6-11(16)14-8-4-7(2-3-10(8)18-6)9-5-13-12(17)15-9/h2-4,6,9H,5H2,1H3,(H,14,16)(H2,13,15,17). The molecule has 6 heteroatoms. The second-order valence-electron chi connectivity index (χ2n) is 4.41. The van der Waals surface area contributed by atoms with Crippen molar-refractivity contribution in [3.05, 3.63) is 23.8 Å². The Morgan fingerprint density at radius 3 is 2.89 bits per heavy atom. The highest BCUT2D eigenvalue weighted by molar-refractivity contribution is 8.00. The Kier molecular flexibility index (Phi) is 2.66. The first-order chi connectivity index (χ1) is 8.63. The third kappa shape index (κ3) is 1.92. The highest BCUT2D eigenvalue weighted by Crippen LogP contribution is 2.37. The number of thioether (sulfide) groups is 1. The summed E-state index contributed by atoms with van der Waals surface area (Å²) < 4.78 is 0. The van der Waals surface area contributed by atoms with Gasteiger partial charge in [-0.25, -0.2) is 4.79 Å². The number of carbonyl (C=O) groups excluding carboxylic acids is 2. The summed E-state index contributed by atoms with van der Waals surface area (Å²) in [6, 6.07) is 5.75. The molecule has 18 heavy (non-hydrogen) atoms. The fourth-order valence-corrected chi connectivity index (χ4v) is 3.03. The predicted octanol–water partition coefficient (Wildman–Crippen LogP) is 1.47. The molecule has 2 aliphatic rings. The van der Waals surface area contributed by atoms with Gasteiger partial charge in [-0.3, -0.25) is 4.79 Å². The summed E-state index contributed by atoms with van der Waals surface area (Å²) in [7, 11) is 0. The molecule has 1 aromatic carbocycles. The largest absolute Gasteiger partial charge is 0.336 e. The van der Waals surface area contributed by atoms with Gasteiger partial charge < -0.3 is 16.0 Å². The molecule has 0 radical (unpaired) electrons. The van der Waals surface area contributed by atoms with Gasteiger partial charge in [0.2, 0.25) is 5.91 Å². The molecule has 94 valence electrons. The van der Waals surface area contributed by atoms with E-state index in [0.717, 1.165) is 16.1 Å². The first-order valence-electron chi connectivity index (χ1n) is 5.79. The normalized spacial score (nSPS) is 26.1. The van der Waals surface area contributed by atoms with E-state index in [0.29, 0.717) is 6.54 Å². The SMILES string of the molecule is CC1Sc2ccc(C3CNC(=O)N3)cc2NC1=O. The van der Waals surface area contributed by atoms with Crippen LogP contribution in [0.3, 0.4) is 0 Å². The maximum absolute atomic E-state index is 11.6. The van der Waals surface area contributed by atoms with Gasteiger partial charge in [-0.2, -0.15) is 0 Å². The Bertz CT molecular complexity index is 532. The summed E-state index contributed by atoms with van der Waals surface area (Å²) in [6.45, 7) is 2.47. The van der Waals surface area contributed by atoms with Gasteiger partial charge in [0.1, 0.15) is 0 Å². The maximum Gasteiger partial charge on any atom is 0.315 e. The molecule has 2 aliphatic heterocycles. The fourth-order valence-electron chi connectivity index (χ4n) is 2.10. The van der Waals surface area contributed by atoms with Crippen LogP contribution in [0.1, 0.15) is 18.5 Å². The number of fused-ring (bicyclic) bond motifs is 1. The van der Waals surface area contributed by atoms with Crippen molar-refractivity contribution < 1.29 is 9.59 Å². The monoisotopic (exact) mass is 263 g/mol. The predicted molar refractivity (Wildman–Crippen MR) is 69.7 cm³/mol. The highest BCUT2D eigenvalue weighted by atomic mass is 32.2. The van der Waals surface area contributed by atoms with E-state index in [1.54, 1.807) is 11.8 Å². The molecule has 2 atom stereocenters. The lowest BCUT2D eigenvalue weighted by molar-refractivity contribution is -0.115. The first kappa shape index (κ1) is 11.4. The summed E-state index contributed by atoms with van der Waals surface area (Å²) in [5.41, 5.74) is 1.84. The quantitative estimate of drug-likeness (QED) is 0.718. The molecule has 0 bridgehead atoms. The lowest BCUT2D eigenvalue weighted by Crippen LogP contribution is -2.27. The van der Waals surface area contributed by atoms with Crippen molar-refractivity contribution in [2.24, 2.45) is 0 Å². The lowest BCUT2D eigenvalue weighted by Gasteiger charge is -2.22. The van der Waals surface area contributed by atoms with Crippen molar-refractivity contribution in [2.45, 2.75) is 23.1 Å². The topological polar surface area (TPSA) is 70.2 Å².